The van der Waals surface area contributed by atoms with Crippen LogP contribution in [0.1, 0.15) is 48.5 Å². The lowest BCUT2D eigenvalue weighted by molar-refractivity contribution is 0.0629. The number of piperidine rings is 1. The molecule has 11 nitrogen and oxygen atoms in total. The highest BCUT2D eigenvalue weighted by Crippen LogP contribution is 2.33. The van der Waals surface area contributed by atoms with Gasteiger partial charge < -0.3 is 36.5 Å². The van der Waals surface area contributed by atoms with E-state index in [4.69, 9.17) is 16.2 Å². The van der Waals surface area contributed by atoms with Crippen LogP contribution in [0.2, 0.25) is 0 Å². The molecule has 1 saturated heterocycles. The molecule has 0 saturated carbocycles. The molecule has 0 aliphatic carbocycles. The molecule has 7 N–H and O–H groups in total. The Morgan fingerprint density at radius 1 is 1.34 bits per heavy atom. The van der Waals surface area contributed by atoms with E-state index in [2.05, 4.69) is 26.7 Å². The van der Waals surface area contributed by atoms with E-state index in [1.165, 1.54) is 16.3 Å². The van der Waals surface area contributed by atoms with Crippen LogP contribution in [0.5, 0.6) is 5.75 Å². The van der Waals surface area contributed by atoms with Gasteiger partial charge in [-0.1, -0.05) is 6.07 Å². The third-order valence-corrected chi connectivity index (χ3v) is 6.12. The molecule has 1 aromatic carbocycles. The number of benzene rings is 1. The summed E-state index contributed by atoms with van der Waals surface area (Å²) < 4.78 is 7.02. The van der Waals surface area contributed by atoms with Crippen LogP contribution in [-0.4, -0.2) is 51.3 Å². The Hall–Kier alpha value is -3.70. The monoisotopic (exact) mass is 481 g/mol. The van der Waals surface area contributed by atoms with Crippen LogP contribution in [0.25, 0.3) is 11.0 Å². The number of nitrogens with zero attached hydrogens (tertiary/aromatic N) is 3. The summed E-state index contributed by atoms with van der Waals surface area (Å²) in [5.41, 5.74) is 11.3. The van der Waals surface area contributed by atoms with Gasteiger partial charge in [0.15, 0.2) is 5.65 Å². The third-order valence-electron chi connectivity index (χ3n) is 6.12. The second-order valence-corrected chi connectivity index (χ2v) is 9.39. The van der Waals surface area contributed by atoms with E-state index in [0.29, 0.717) is 17.4 Å². The molecule has 35 heavy (non-hydrogen) atoms. The summed E-state index contributed by atoms with van der Waals surface area (Å²) in [4.78, 5) is 33.6. The van der Waals surface area contributed by atoms with Crippen LogP contribution in [0.15, 0.2) is 29.2 Å². The smallest absolute Gasteiger partial charge is 0.256 e. The lowest BCUT2D eigenvalue weighted by Crippen LogP contribution is -2.33. The molecule has 1 amide bonds. The van der Waals surface area contributed by atoms with Crippen molar-refractivity contribution < 1.29 is 14.6 Å². The molecule has 3 aromatic rings. The number of aliphatic hydroxyl groups is 1. The number of rotatable bonds is 7. The second-order valence-electron chi connectivity index (χ2n) is 9.39. The summed E-state index contributed by atoms with van der Waals surface area (Å²) in [6.45, 7) is 5.11. The fourth-order valence-electron chi connectivity index (χ4n) is 4.42. The van der Waals surface area contributed by atoms with E-state index < -0.39 is 16.9 Å². The normalized spacial score (nSPS) is 14.7. The van der Waals surface area contributed by atoms with Crippen molar-refractivity contribution in [3.05, 3.63) is 45.7 Å². The summed E-state index contributed by atoms with van der Waals surface area (Å²) in [6, 6.07) is 5.99. The first-order chi connectivity index (χ1) is 16.6. The Balaban J connectivity index is 1.77. The summed E-state index contributed by atoms with van der Waals surface area (Å²) >= 11 is 0. The van der Waals surface area contributed by atoms with E-state index in [9.17, 15) is 14.7 Å². The maximum Gasteiger partial charge on any atom is 0.256 e. The molecular weight excluding hydrogens is 450 g/mol. The van der Waals surface area contributed by atoms with Crippen molar-refractivity contribution in [1.29, 1.82) is 0 Å². The highest BCUT2D eigenvalue weighted by atomic mass is 16.5. The van der Waals surface area contributed by atoms with Crippen molar-refractivity contribution in [2.24, 2.45) is 5.73 Å². The van der Waals surface area contributed by atoms with Crippen LogP contribution < -0.4 is 32.3 Å². The van der Waals surface area contributed by atoms with E-state index >= 15 is 0 Å². The summed E-state index contributed by atoms with van der Waals surface area (Å²) in [5, 5.41) is 17.0. The van der Waals surface area contributed by atoms with Gasteiger partial charge in [-0.2, -0.15) is 4.98 Å². The van der Waals surface area contributed by atoms with Gasteiger partial charge in [0, 0.05) is 6.20 Å². The molecule has 11 heteroatoms. The topological polar surface area (TPSA) is 170 Å². The number of hydrogen-bond donors (Lipinski definition) is 5. The number of hydrogen-bond acceptors (Lipinski definition) is 9. The van der Waals surface area contributed by atoms with Crippen LogP contribution in [-0.2, 0) is 6.54 Å². The van der Waals surface area contributed by atoms with Gasteiger partial charge in [0.1, 0.15) is 17.1 Å². The minimum absolute atomic E-state index is 0.0272. The fourth-order valence-corrected chi connectivity index (χ4v) is 4.42. The molecule has 0 spiro atoms. The van der Waals surface area contributed by atoms with Gasteiger partial charge in [-0.05, 0) is 63.4 Å². The highest BCUT2D eigenvalue weighted by molar-refractivity contribution is 6.00. The zero-order valence-corrected chi connectivity index (χ0v) is 20.1. The van der Waals surface area contributed by atoms with Crippen molar-refractivity contribution in [3.8, 4) is 5.75 Å². The van der Waals surface area contributed by atoms with Crippen LogP contribution in [0, 0.1) is 0 Å². The first kappa shape index (κ1) is 24.4. The number of nitrogens with one attached hydrogen (secondary N) is 2. The van der Waals surface area contributed by atoms with Gasteiger partial charge in [-0.15, -0.1) is 0 Å². The lowest BCUT2D eigenvalue weighted by Gasteiger charge is -2.24. The van der Waals surface area contributed by atoms with Gasteiger partial charge in [-0.25, -0.2) is 4.98 Å². The molecular formula is C24H31N7O4. The predicted molar refractivity (Wildman–Crippen MR) is 134 cm³/mol. The summed E-state index contributed by atoms with van der Waals surface area (Å²) in [5.74, 6) is 0.183. The molecule has 0 atom stereocenters. The van der Waals surface area contributed by atoms with Gasteiger partial charge in [0.05, 0.1) is 30.3 Å². The molecule has 1 aliphatic rings. The SMILES string of the molecule is COc1cc(C2CCNCC2)ccc1Nc1ncc2c(=O)c(C(N)=O)c(N)n(CC(C)(C)O)c2n1. The molecule has 186 valence electrons. The number of aromatic nitrogens is 3. The Kier molecular flexibility index (Phi) is 6.64. The summed E-state index contributed by atoms with van der Waals surface area (Å²) in [7, 11) is 1.60. The summed E-state index contributed by atoms with van der Waals surface area (Å²) in [6.07, 6.45) is 3.45. The number of ether oxygens (including phenoxy) is 1. The maximum atomic E-state index is 12.9. The number of carbonyl (C=O) groups excluding carboxylic acids is 1. The molecule has 0 bridgehead atoms. The Morgan fingerprint density at radius 3 is 2.69 bits per heavy atom. The highest BCUT2D eigenvalue weighted by Gasteiger charge is 2.24. The first-order valence-electron chi connectivity index (χ1n) is 11.5. The van der Waals surface area contributed by atoms with Crippen molar-refractivity contribution in [1.82, 2.24) is 19.9 Å². The largest absolute Gasteiger partial charge is 0.495 e. The molecule has 0 unspecified atom stereocenters. The molecule has 1 aliphatic heterocycles. The van der Waals surface area contributed by atoms with Gasteiger partial charge in [0.2, 0.25) is 11.4 Å². The second kappa shape index (κ2) is 9.51. The van der Waals surface area contributed by atoms with Crippen molar-refractivity contribution in [2.75, 3.05) is 31.2 Å². The Labute approximate surface area is 202 Å². The Morgan fingerprint density at radius 2 is 2.06 bits per heavy atom. The van der Waals surface area contributed by atoms with Gasteiger partial charge in [-0.3, -0.25) is 9.59 Å². The predicted octanol–water partition coefficient (Wildman–Crippen LogP) is 1.46. The molecule has 1 fully saturated rings. The lowest BCUT2D eigenvalue weighted by atomic mass is 9.90. The van der Waals surface area contributed by atoms with Crippen LogP contribution in [0.3, 0.4) is 0 Å². The fraction of sp³-hybridized carbons (Fsp3) is 0.417. The standard InChI is InChI=1S/C24H31N7O4/c1-24(2,34)12-31-20(25)18(21(26)33)19(32)15-11-28-23(30-22(15)31)29-16-5-4-14(10-17(16)35-3)13-6-8-27-9-7-13/h4-5,10-11,13,27,34H,6-9,12,25H2,1-3H3,(H2,26,33)(H,28,29,30). The minimum atomic E-state index is -1.21. The van der Waals surface area contributed by atoms with E-state index in [1.54, 1.807) is 21.0 Å². The maximum absolute atomic E-state index is 12.9. The quantitative estimate of drug-likeness (QED) is 0.335. The number of carbonyl (C=O) groups is 1. The average molecular weight is 482 g/mol. The third kappa shape index (κ3) is 5.05. The molecule has 0 radical (unpaired) electrons. The Bertz CT molecular complexity index is 1320. The molecule has 4 rings (SSSR count). The van der Waals surface area contributed by atoms with Crippen LogP contribution >= 0.6 is 0 Å². The van der Waals surface area contributed by atoms with Gasteiger partial charge in [0.25, 0.3) is 5.91 Å². The number of pyridine rings is 1. The minimum Gasteiger partial charge on any atom is -0.495 e. The average Bonchev–Trinajstić information content (AvgIpc) is 2.82. The number of methoxy groups -OCH3 is 1. The number of primary amides is 1. The first-order valence-corrected chi connectivity index (χ1v) is 11.5. The number of amides is 1. The van der Waals surface area contributed by atoms with E-state index in [0.717, 1.165) is 25.9 Å². The van der Waals surface area contributed by atoms with E-state index in [-0.39, 0.29) is 34.9 Å². The van der Waals surface area contributed by atoms with Crippen LogP contribution in [0.4, 0.5) is 17.5 Å². The van der Waals surface area contributed by atoms with E-state index in [1.807, 2.05) is 12.1 Å². The number of nitrogens with two attached hydrogens (primary N) is 2. The van der Waals surface area contributed by atoms with Crippen molar-refractivity contribution >= 4 is 34.4 Å². The zero-order chi connectivity index (χ0) is 25.3. The number of fused-ring (bicyclic) bond motifs is 1. The number of anilines is 3. The van der Waals surface area contributed by atoms with Gasteiger partial charge >= 0.3 is 0 Å². The number of nitrogen functional groups attached to an aromatic ring is 1. The van der Waals surface area contributed by atoms with Crippen molar-refractivity contribution in [2.45, 2.75) is 44.8 Å². The molecule has 3 heterocycles. The van der Waals surface area contributed by atoms with Crippen molar-refractivity contribution in [3.63, 3.8) is 0 Å². The molecule has 2 aromatic heterocycles. The zero-order valence-electron chi connectivity index (χ0n) is 20.1.